The fraction of sp³-hybridized carbons (Fsp3) is 0.368. The van der Waals surface area contributed by atoms with Crippen LogP contribution in [0.25, 0.3) is 10.9 Å². The van der Waals surface area contributed by atoms with Crippen molar-refractivity contribution in [2.45, 2.75) is 26.8 Å². The number of aromatic nitrogens is 2. The fourth-order valence-electron chi connectivity index (χ4n) is 2.82. The zero-order valence-electron chi connectivity index (χ0n) is 15.5. The third kappa shape index (κ3) is 5.44. The van der Waals surface area contributed by atoms with Crippen LogP contribution in [-0.4, -0.2) is 41.0 Å². The van der Waals surface area contributed by atoms with E-state index in [1.807, 2.05) is 6.92 Å². The minimum Gasteiger partial charge on any atom is -0.358 e. The number of benzene rings is 1. The van der Waals surface area contributed by atoms with E-state index >= 15 is 0 Å². The Labute approximate surface area is 176 Å². The maximum Gasteiger partial charge on any atom is 0.194 e. The molecule has 0 aliphatic heterocycles. The smallest absolute Gasteiger partial charge is 0.194 e. The standard InChI is InChI=1S/C19H25N5S.HI/c1-4-20-19(24(3)12-17-13-25-14(2)22-17)21-10-9-16-11-15-7-5-6-8-18(15)23-16;/h5-8,11,13,23H,4,9-10,12H2,1-3H3,(H,20,21);1H. The van der Waals surface area contributed by atoms with Crippen molar-refractivity contribution in [3.63, 3.8) is 0 Å². The van der Waals surface area contributed by atoms with Gasteiger partial charge in [0.25, 0.3) is 0 Å². The maximum atomic E-state index is 4.77. The zero-order chi connectivity index (χ0) is 17.6. The summed E-state index contributed by atoms with van der Waals surface area (Å²) in [6.07, 6.45) is 0.896. The van der Waals surface area contributed by atoms with Gasteiger partial charge in [-0.3, -0.25) is 4.99 Å². The minimum absolute atomic E-state index is 0. The molecule has 0 saturated carbocycles. The molecule has 0 radical (unpaired) electrons. The summed E-state index contributed by atoms with van der Waals surface area (Å²) in [5.41, 5.74) is 3.49. The van der Waals surface area contributed by atoms with Crippen LogP contribution in [-0.2, 0) is 13.0 Å². The highest BCUT2D eigenvalue weighted by atomic mass is 127. The van der Waals surface area contributed by atoms with E-state index in [0.717, 1.165) is 42.7 Å². The van der Waals surface area contributed by atoms with Crippen molar-refractivity contribution >= 4 is 52.2 Å². The van der Waals surface area contributed by atoms with E-state index in [1.165, 1.54) is 16.6 Å². The van der Waals surface area contributed by atoms with Gasteiger partial charge in [0.2, 0.25) is 0 Å². The minimum atomic E-state index is 0. The van der Waals surface area contributed by atoms with Gasteiger partial charge in [-0.2, -0.15) is 0 Å². The van der Waals surface area contributed by atoms with Crippen LogP contribution in [0.5, 0.6) is 0 Å². The summed E-state index contributed by atoms with van der Waals surface area (Å²) in [6.45, 7) is 6.49. The first-order chi connectivity index (χ1) is 12.2. The molecular weight excluding hydrogens is 457 g/mol. The normalized spacial score (nSPS) is 11.4. The first-order valence-corrected chi connectivity index (χ1v) is 9.50. The van der Waals surface area contributed by atoms with Crippen molar-refractivity contribution in [2.75, 3.05) is 20.1 Å². The van der Waals surface area contributed by atoms with E-state index in [2.05, 4.69) is 69.9 Å². The molecule has 0 aliphatic carbocycles. The number of nitrogens with one attached hydrogen (secondary N) is 2. The largest absolute Gasteiger partial charge is 0.358 e. The van der Waals surface area contributed by atoms with Gasteiger partial charge in [0.1, 0.15) is 0 Å². The Morgan fingerprint density at radius 3 is 2.85 bits per heavy atom. The second kappa shape index (κ2) is 9.91. The number of halogens is 1. The van der Waals surface area contributed by atoms with Crippen molar-refractivity contribution < 1.29 is 0 Å². The van der Waals surface area contributed by atoms with Crippen molar-refractivity contribution in [3.05, 3.63) is 52.1 Å². The molecule has 140 valence electrons. The molecule has 2 N–H and O–H groups in total. The molecule has 0 aliphatic rings. The predicted octanol–water partition coefficient (Wildman–Crippen LogP) is 4.19. The lowest BCUT2D eigenvalue weighted by Crippen LogP contribution is -2.38. The lowest BCUT2D eigenvalue weighted by atomic mass is 10.2. The number of aliphatic imine (C=N–C) groups is 1. The molecule has 7 heteroatoms. The summed E-state index contributed by atoms with van der Waals surface area (Å²) in [4.78, 5) is 14.9. The Hall–Kier alpha value is -1.61. The van der Waals surface area contributed by atoms with Gasteiger partial charge < -0.3 is 15.2 Å². The first kappa shape index (κ1) is 20.7. The number of hydrogen-bond acceptors (Lipinski definition) is 3. The van der Waals surface area contributed by atoms with Crippen LogP contribution in [0.2, 0.25) is 0 Å². The van der Waals surface area contributed by atoms with Gasteiger partial charge in [-0.15, -0.1) is 35.3 Å². The molecule has 5 nitrogen and oxygen atoms in total. The van der Waals surface area contributed by atoms with Crippen molar-refractivity contribution in [1.82, 2.24) is 20.2 Å². The second-order valence-corrected chi connectivity index (χ2v) is 7.14. The van der Waals surface area contributed by atoms with Crippen LogP contribution in [0.15, 0.2) is 40.7 Å². The molecule has 0 saturated heterocycles. The second-order valence-electron chi connectivity index (χ2n) is 6.08. The molecular formula is C19H26IN5S. The number of guanidine groups is 1. The molecule has 0 fully saturated rings. The highest BCUT2D eigenvalue weighted by Gasteiger charge is 2.08. The Kier molecular flexibility index (Phi) is 7.89. The van der Waals surface area contributed by atoms with E-state index in [1.54, 1.807) is 11.3 Å². The van der Waals surface area contributed by atoms with E-state index in [9.17, 15) is 0 Å². The van der Waals surface area contributed by atoms with E-state index in [0.29, 0.717) is 0 Å². The Morgan fingerprint density at radius 2 is 2.15 bits per heavy atom. The highest BCUT2D eigenvalue weighted by molar-refractivity contribution is 14.0. The van der Waals surface area contributed by atoms with E-state index < -0.39 is 0 Å². The van der Waals surface area contributed by atoms with Crippen LogP contribution in [0.3, 0.4) is 0 Å². The number of rotatable bonds is 6. The summed E-state index contributed by atoms with van der Waals surface area (Å²) < 4.78 is 0. The predicted molar refractivity (Wildman–Crippen MR) is 122 cm³/mol. The summed E-state index contributed by atoms with van der Waals surface area (Å²) >= 11 is 1.69. The Morgan fingerprint density at radius 1 is 1.35 bits per heavy atom. The molecule has 1 aromatic carbocycles. The molecule has 0 unspecified atom stereocenters. The number of aryl methyl sites for hydroxylation is 1. The maximum absolute atomic E-state index is 4.77. The summed E-state index contributed by atoms with van der Waals surface area (Å²) in [5, 5.41) is 7.83. The molecule has 3 aromatic rings. The first-order valence-electron chi connectivity index (χ1n) is 8.63. The van der Waals surface area contributed by atoms with Crippen molar-refractivity contribution in [2.24, 2.45) is 4.99 Å². The van der Waals surface area contributed by atoms with Gasteiger partial charge in [-0.05, 0) is 31.4 Å². The molecule has 0 spiro atoms. The van der Waals surface area contributed by atoms with Gasteiger partial charge in [0.05, 0.1) is 17.2 Å². The SMILES string of the molecule is CCNC(=NCCc1cc2ccccc2[nH]1)N(C)Cc1csc(C)n1.I. The van der Waals surface area contributed by atoms with Crippen molar-refractivity contribution in [3.8, 4) is 0 Å². The van der Waals surface area contributed by atoms with Crippen LogP contribution in [0.1, 0.15) is 23.3 Å². The Balaban J connectivity index is 0.00000243. The third-order valence-electron chi connectivity index (χ3n) is 3.99. The summed E-state index contributed by atoms with van der Waals surface area (Å²) in [5.74, 6) is 0.921. The van der Waals surface area contributed by atoms with Gasteiger partial charge in [-0.1, -0.05) is 18.2 Å². The monoisotopic (exact) mass is 483 g/mol. The number of H-pyrrole nitrogens is 1. The van der Waals surface area contributed by atoms with Crippen LogP contribution in [0.4, 0.5) is 0 Å². The molecule has 2 heterocycles. The zero-order valence-corrected chi connectivity index (χ0v) is 18.6. The molecule has 3 rings (SSSR count). The average molecular weight is 483 g/mol. The Bertz CT molecular complexity index is 821. The molecule has 2 aromatic heterocycles. The van der Waals surface area contributed by atoms with Crippen LogP contribution < -0.4 is 5.32 Å². The summed E-state index contributed by atoms with van der Waals surface area (Å²) in [7, 11) is 2.05. The van der Waals surface area contributed by atoms with E-state index in [4.69, 9.17) is 4.99 Å². The van der Waals surface area contributed by atoms with Gasteiger partial charge in [-0.25, -0.2) is 4.98 Å². The number of fused-ring (bicyclic) bond motifs is 1. The molecule has 26 heavy (non-hydrogen) atoms. The number of para-hydroxylation sites is 1. The fourth-order valence-corrected chi connectivity index (χ4v) is 3.42. The number of aromatic amines is 1. The summed E-state index contributed by atoms with van der Waals surface area (Å²) in [6, 6.07) is 10.6. The van der Waals surface area contributed by atoms with Gasteiger partial charge in [0.15, 0.2) is 5.96 Å². The van der Waals surface area contributed by atoms with Gasteiger partial charge >= 0.3 is 0 Å². The number of hydrogen-bond donors (Lipinski definition) is 2. The topological polar surface area (TPSA) is 56.3 Å². The lowest BCUT2D eigenvalue weighted by Gasteiger charge is -2.21. The highest BCUT2D eigenvalue weighted by Crippen LogP contribution is 2.15. The van der Waals surface area contributed by atoms with E-state index in [-0.39, 0.29) is 24.0 Å². The lowest BCUT2D eigenvalue weighted by molar-refractivity contribution is 0.471. The quantitative estimate of drug-likeness (QED) is 0.314. The van der Waals surface area contributed by atoms with Crippen LogP contribution in [0, 0.1) is 6.92 Å². The van der Waals surface area contributed by atoms with Crippen molar-refractivity contribution in [1.29, 1.82) is 0 Å². The third-order valence-corrected chi connectivity index (χ3v) is 4.81. The number of nitrogens with zero attached hydrogens (tertiary/aromatic N) is 3. The molecule has 0 amide bonds. The molecule has 0 bridgehead atoms. The van der Waals surface area contributed by atoms with Crippen LogP contribution >= 0.6 is 35.3 Å². The molecule has 0 atom stereocenters. The average Bonchev–Trinajstić information content (AvgIpc) is 3.19. The van der Waals surface area contributed by atoms with Gasteiger partial charge in [0, 0.05) is 43.1 Å². The number of thiazole rings is 1.